The van der Waals surface area contributed by atoms with E-state index in [1.807, 2.05) is 24.5 Å². The smallest absolute Gasteiger partial charge is 0.151 e. The molecule has 1 aliphatic heterocycles. The fourth-order valence-electron chi connectivity index (χ4n) is 4.99. The maximum Gasteiger partial charge on any atom is 0.151 e. The Morgan fingerprint density at radius 2 is 1.60 bits per heavy atom. The highest BCUT2D eigenvalue weighted by atomic mass is 15.3. The van der Waals surface area contributed by atoms with Gasteiger partial charge in [0.25, 0.3) is 0 Å². The molecule has 0 aliphatic carbocycles. The molecule has 1 N–H and O–H groups in total. The van der Waals surface area contributed by atoms with Gasteiger partial charge in [-0.25, -0.2) is 0 Å². The van der Waals surface area contributed by atoms with Crippen LogP contribution in [0.15, 0.2) is 103 Å². The Hall–Kier alpha value is -4.09. The Bertz CT molecular complexity index is 1430. The van der Waals surface area contributed by atoms with Gasteiger partial charge in [0, 0.05) is 49.2 Å². The number of nitrogens with zero attached hydrogens (tertiary/aromatic N) is 4. The Kier molecular flexibility index (Phi) is 5.91. The van der Waals surface area contributed by atoms with Crippen molar-refractivity contribution in [2.45, 2.75) is 12.5 Å². The summed E-state index contributed by atoms with van der Waals surface area (Å²) in [5.74, 6) is 0.917. The van der Waals surface area contributed by atoms with E-state index >= 15 is 0 Å². The highest BCUT2D eigenvalue weighted by molar-refractivity contribution is 5.99. The van der Waals surface area contributed by atoms with E-state index in [0.717, 1.165) is 54.3 Å². The summed E-state index contributed by atoms with van der Waals surface area (Å²) in [6.45, 7) is 2.73. The molecule has 1 aliphatic rings. The van der Waals surface area contributed by atoms with Crippen molar-refractivity contribution in [1.82, 2.24) is 20.5 Å². The van der Waals surface area contributed by atoms with Gasteiger partial charge in [-0.3, -0.25) is 4.98 Å². The highest BCUT2D eigenvalue weighted by Gasteiger charge is 2.23. The van der Waals surface area contributed by atoms with Crippen LogP contribution in [-0.4, -0.2) is 40.9 Å². The van der Waals surface area contributed by atoms with Crippen LogP contribution in [0.25, 0.3) is 33.2 Å². The summed E-state index contributed by atoms with van der Waals surface area (Å²) in [7, 11) is 0. The van der Waals surface area contributed by atoms with E-state index in [-0.39, 0.29) is 0 Å². The molecule has 35 heavy (non-hydrogen) atoms. The topological polar surface area (TPSA) is 53.9 Å². The predicted molar refractivity (Wildman–Crippen MR) is 142 cm³/mol. The van der Waals surface area contributed by atoms with Gasteiger partial charge in [-0.1, -0.05) is 72.8 Å². The number of piperazine rings is 1. The minimum Gasteiger partial charge on any atom is -0.352 e. The summed E-state index contributed by atoms with van der Waals surface area (Å²) in [6, 6.07) is 32.1. The van der Waals surface area contributed by atoms with E-state index in [9.17, 15) is 0 Å². The quantitative estimate of drug-likeness (QED) is 0.384. The molecule has 5 nitrogen and oxygen atoms in total. The van der Waals surface area contributed by atoms with Crippen LogP contribution in [0.3, 0.4) is 0 Å². The summed E-state index contributed by atoms with van der Waals surface area (Å²) in [4.78, 5) is 6.59. The number of hydrogen-bond donors (Lipinski definition) is 1. The van der Waals surface area contributed by atoms with Gasteiger partial charge in [0.05, 0.1) is 0 Å². The summed E-state index contributed by atoms with van der Waals surface area (Å²) >= 11 is 0. The van der Waals surface area contributed by atoms with Crippen LogP contribution in [0.1, 0.15) is 5.56 Å². The van der Waals surface area contributed by atoms with Crippen LogP contribution >= 0.6 is 0 Å². The van der Waals surface area contributed by atoms with Gasteiger partial charge >= 0.3 is 0 Å². The third-order valence-corrected chi connectivity index (χ3v) is 6.72. The predicted octanol–water partition coefficient (Wildman–Crippen LogP) is 5.38. The number of fused-ring (bicyclic) bond motifs is 1. The van der Waals surface area contributed by atoms with Gasteiger partial charge in [-0.2, -0.15) is 0 Å². The second-order valence-corrected chi connectivity index (χ2v) is 9.01. The molecule has 0 saturated carbocycles. The summed E-state index contributed by atoms with van der Waals surface area (Å²) in [6.07, 6.45) is 4.67. The first-order chi connectivity index (χ1) is 17.3. The first-order valence-electron chi connectivity index (χ1n) is 12.1. The van der Waals surface area contributed by atoms with Crippen molar-refractivity contribution >= 4 is 16.6 Å². The monoisotopic (exact) mass is 457 g/mol. The van der Waals surface area contributed by atoms with Gasteiger partial charge in [0.2, 0.25) is 0 Å². The molecule has 0 radical (unpaired) electrons. The first kappa shape index (κ1) is 21.4. The SMILES string of the molecule is c1ccc(C[C@H]2CN(c3cc(-c4ccncc4)c(-c4cccc5ccccc45)nn3)CCN2)cc1. The van der Waals surface area contributed by atoms with Crippen molar-refractivity contribution in [2.24, 2.45) is 0 Å². The average molecular weight is 458 g/mol. The van der Waals surface area contributed by atoms with Crippen LogP contribution in [-0.2, 0) is 6.42 Å². The number of anilines is 1. The molecule has 5 aromatic rings. The first-order valence-corrected chi connectivity index (χ1v) is 12.1. The van der Waals surface area contributed by atoms with E-state index in [0.29, 0.717) is 6.04 Å². The Morgan fingerprint density at radius 1 is 0.800 bits per heavy atom. The van der Waals surface area contributed by atoms with Gasteiger partial charge in [0.15, 0.2) is 5.82 Å². The number of hydrogen-bond acceptors (Lipinski definition) is 5. The standard InChI is InChI=1S/C30H27N5/c1-2-7-22(8-3-1)19-25-21-35(18-17-32-25)29-20-28(24-13-15-31-16-14-24)30(34-33-29)27-12-6-10-23-9-4-5-11-26(23)27/h1-16,20,25,32H,17-19,21H2/t25-/m0/s1. The van der Waals surface area contributed by atoms with Crippen LogP contribution in [0.2, 0.25) is 0 Å². The van der Waals surface area contributed by atoms with Crippen LogP contribution in [0.5, 0.6) is 0 Å². The number of pyridine rings is 1. The molecule has 1 saturated heterocycles. The van der Waals surface area contributed by atoms with E-state index in [1.54, 1.807) is 0 Å². The van der Waals surface area contributed by atoms with Gasteiger partial charge in [0.1, 0.15) is 5.69 Å². The second kappa shape index (κ2) is 9.65. The third kappa shape index (κ3) is 4.51. The molecule has 2 aromatic heterocycles. The summed E-state index contributed by atoms with van der Waals surface area (Å²) in [5.41, 5.74) is 5.51. The van der Waals surface area contributed by atoms with E-state index in [1.165, 1.54) is 16.3 Å². The van der Waals surface area contributed by atoms with Crippen molar-refractivity contribution < 1.29 is 0 Å². The molecule has 3 heterocycles. The number of rotatable bonds is 5. The minimum atomic E-state index is 0.370. The number of aromatic nitrogens is 3. The fourth-order valence-corrected chi connectivity index (χ4v) is 4.99. The summed E-state index contributed by atoms with van der Waals surface area (Å²) < 4.78 is 0. The molecule has 1 fully saturated rings. The van der Waals surface area contributed by atoms with E-state index in [4.69, 9.17) is 10.2 Å². The Balaban J connectivity index is 1.38. The van der Waals surface area contributed by atoms with Crippen molar-refractivity contribution in [3.8, 4) is 22.4 Å². The zero-order valence-corrected chi connectivity index (χ0v) is 19.5. The lowest BCUT2D eigenvalue weighted by Gasteiger charge is -2.34. The van der Waals surface area contributed by atoms with Gasteiger partial charge in [-0.05, 0) is 46.5 Å². The van der Waals surface area contributed by atoms with E-state index in [2.05, 4.69) is 94.1 Å². The number of nitrogens with one attached hydrogen (secondary N) is 1. The van der Waals surface area contributed by atoms with E-state index < -0.39 is 0 Å². The van der Waals surface area contributed by atoms with Crippen molar-refractivity contribution in [2.75, 3.05) is 24.5 Å². The molecule has 0 spiro atoms. The molecule has 0 unspecified atom stereocenters. The number of benzene rings is 3. The molecule has 1 atom stereocenters. The largest absolute Gasteiger partial charge is 0.352 e. The maximum absolute atomic E-state index is 4.83. The molecular formula is C30H27N5. The van der Waals surface area contributed by atoms with Gasteiger partial charge in [-0.15, -0.1) is 10.2 Å². The molecule has 0 bridgehead atoms. The lowest BCUT2D eigenvalue weighted by molar-refractivity contribution is 0.452. The van der Waals surface area contributed by atoms with Crippen molar-refractivity contribution in [3.63, 3.8) is 0 Å². The van der Waals surface area contributed by atoms with Crippen molar-refractivity contribution in [1.29, 1.82) is 0 Å². The molecule has 172 valence electrons. The molecule has 5 heteroatoms. The maximum atomic E-state index is 4.83. The lowest BCUT2D eigenvalue weighted by atomic mass is 9.96. The van der Waals surface area contributed by atoms with Crippen LogP contribution in [0, 0.1) is 0 Å². The molecular weight excluding hydrogens is 430 g/mol. The average Bonchev–Trinajstić information content (AvgIpc) is 2.94. The molecule has 3 aromatic carbocycles. The zero-order valence-electron chi connectivity index (χ0n) is 19.5. The van der Waals surface area contributed by atoms with Crippen LogP contribution < -0.4 is 10.2 Å². The minimum absolute atomic E-state index is 0.370. The highest BCUT2D eigenvalue weighted by Crippen LogP contribution is 2.36. The van der Waals surface area contributed by atoms with Crippen molar-refractivity contribution in [3.05, 3.63) is 109 Å². The summed E-state index contributed by atoms with van der Waals surface area (Å²) in [5, 5.41) is 15.6. The second-order valence-electron chi connectivity index (χ2n) is 9.01. The fraction of sp³-hybridized carbons (Fsp3) is 0.167. The van der Waals surface area contributed by atoms with Gasteiger partial charge < -0.3 is 10.2 Å². The molecule has 0 amide bonds. The lowest BCUT2D eigenvalue weighted by Crippen LogP contribution is -2.52. The Morgan fingerprint density at radius 3 is 2.49 bits per heavy atom. The molecule has 6 rings (SSSR count). The zero-order chi connectivity index (χ0) is 23.5. The third-order valence-electron chi connectivity index (χ3n) is 6.72. The normalized spacial score (nSPS) is 15.9. The Labute approximate surface area is 205 Å². The van der Waals surface area contributed by atoms with Crippen LogP contribution in [0.4, 0.5) is 5.82 Å².